The molecule has 1 saturated heterocycles. The summed E-state index contributed by atoms with van der Waals surface area (Å²) < 4.78 is 0. The van der Waals surface area contributed by atoms with Crippen LogP contribution >= 0.6 is 0 Å². The monoisotopic (exact) mass is 424 g/mol. The molecule has 1 atom stereocenters. The number of aromatic amines is 1. The lowest BCUT2D eigenvalue weighted by molar-refractivity contribution is -0.130. The molecule has 2 aromatic heterocycles. The first-order chi connectivity index (χ1) is 14.8. The van der Waals surface area contributed by atoms with Crippen LogP contribution in [0.3, 0.4) is 0 Å². The van der Waals surface area contributed by atoms with Gasteiger partial charge in [0.15, 0.2) is 0 Å². The zero-order valence-corrected chi connectivity index (χ0v) is 18.7. The molecule has 2 aromatic rings. The van der Waals surface area contributed by atoms with E-state index in [1.807, 2.05) is 38.2 Å². The number of H-pyrrole nitrogens is 1. The van der Waals surface area contributed by atoms with Crippen molar-refractivity contribution in [1.29, 1.82) is 0 Å². The number of carbonyl (C=O) groups is 2. The van der Waals surface area contributed by atoms with Crippen molar-refractivity contribution in [2.45, 2.75) is 46.0 Å². The average Bonchev–Trinajstić information content (AvgIpc) is 2.76. The number of aryl methyl sites for hydroxylation is 2. The molecule has 1 aliphatic rings. The normalized spacial score (nSPS) is 16.2. The van der Waals surface area contributed by atoms with E-state index in [1.165, 1.54) is 0 Å². The molecule has 3 rings (SSSR count). The van der Waals surface area contributed by atoms with Crippen LogP contribution in [0, 0.1) is 19.8 Å². The van der Waals surface area contributed by atoms with Crippen molar-refractivity contribution in [2.75, 3.05) is 26.7 Å². The summed E-state index contributed by atoms with van der Waals surface area (Å²) in [6.07, 6.45) is 5.61. The first kappa shape index (κ1) is 22.7. The number of rotatable bonds is 7. The van der Waals surface area contributed by atoms with E-state index in [0.717, 1.165) is 37.1 Å². The van der Waals surface area contributed by atoms with E-state index in [1.54, 1.807) is 22.9 Å². The second-order valence-corrected chi connectivity index (χ2v) is 8.52. The summed E-state index contributed by atoms with van der Waals surface area (Å²) in [7, 11) is 1.83. The Balaban J connectivity index is 1.51. The van der Waals surface area contributed by atoms with E-state index < -0.39 is 0 Å². The molecular weight excluding hydrogens is 392 g/mol. The van der Waals surface area contributed by atoms with Gasteiger partial charge in [0.2, 0.25) is 5.91 Å². The van der Waals surface area contributed by atoms with Gasteiger partial charge in [-0.05, 0) is 62.8 Å². The van der Waals surface area contributed by atoms with E-state index in [0.29, 0.717) is 31.6 Å². The number of likely N-dealkylation sites (N-methyl/N-ethyl adjacent to an activating group) is 1. The van der Waals surface area contributed by atoms with Crippen molar-refractivity contribution >= 4 is 11.8 Å². The summed E-state index contributed by atoms with van der Waals surface area (Å²) in [6.45, 7) is 5.50. The molecule has 1 aliphatic heterocycles. The Morgan fingerprint density at radius 3 is 2.81 bits per heavy atom. The van der Waals surface area contributed by atoms with E-state index >= 15 is 0 Å². The van der Waals surface area contributed by atoms with Crippen molar-refractivity contribution in [3.05, 3.63) is 63.3 Å². The third kappa shape index (κ3) is 6.03. The fourth-order valence-electron chi connectivity index (χ4n) is 4.23. The van der Waals surface area contributed by atoms with E-state index in [-0.39, 0.29) is 28.9 Å². The van der Waals surface area contributed by atoms with Gasteiger partial charge in [-0.15, -0.1) is 0 Å². The highest BCUT2D eigenvalue weighted by Crippen LogP contribution is 2.23. The number of hydrogen-bond acceptors (Lipinski definition) is 4. The van der Waals surface area contributed by atoms with Gasteiger partial charge in [0.1, 0.15) is 5.56 Å². The minimum absolute atomic E-state index is 0.116. The number of likely N-dealkylation sites (tertiary alicyclic amines) is 1. The number of amides is 2. The quantitative estimate of drug-likeness (QED) is 0.740. The first-order valence-corrected chi connectivity index (χ1v) is 11.0. The Kier molecular flexibility index (Phi) is 7.60. The Labute approximate surface area is 183 Å². The number of piperidine rings is 1. The molecule has 1 fully saturated rings. The summed E-state index contributed by atoms with van der Waals surface area (Å²) >= 11 is 0. The molecule has 3 heterocycles. The molecule has 0 aromatic carbocycles. The van der Waals surface area contributed by atoms with Crippen molar-refractivity contribution < 1.29 is 9.59 Å². The number of carbonyl (C=O) groups excluding carboxylic acids is 2. The highest BCUT2D eigenvalue weighted by Gasteiger charge is 2.27. The number of hydrogen-bond donors (Lipinski definition) is 1. The third-order valence-corrected chi connectivity index (χ3v) is 6.01. The number of pyridine rings is 2. The fourth-order valence-corrected chi connectivity index (χ4v) is 4.23. The highest BCUT2D eigenvalue weighted by molar-refractivity contribution is 5.95. The molecule has 0 aliphatic carbocycles. The SMILES string of the molecule is Cc1cc(C)c(C(=O)N2CCC[C@@H](CCC(=O)N(C)CCc3ccccn3)C2)c(=O)[nH]1. The second-order valence-electron chi connectivity index (χ2n) is 8.52. The standard InChI is InChI=1S/C24H32N4O3/c1-17-15-18(2)26-23(30)22(17)24(31)28-13-6-7-19(16-28)9-10-21(29)27(3)14-11-20-8-4-5-12-25-20/h4-5,8,12,15,19H,6-7,9-11,13-14,16H2,1-3H3,(H,26,30)/t19-/m0/s1. The molecule has 0 bridgehead atoms. The lowest BCUT2D eigenvalue weighted by Gasteiger charge is -2.33. The lowest BCUT2D eigenvalue weighted by Crippen LogP contribution is -2.42. The number of nitrogens with zero attached hydrogens (tertiary/aromatic N) is 3. The summed E-state index contributed by atoms with van der Waals surface area (Å²) in [5, 5.41) is 0. The van der Waals surface area contributed by atoms with Crippen molar-refractivity contribution in [1.82, 2.24) is 19.8 Å². The van der Waals surface area contributed by atoms with Crippen LogP contribution in [0.2, 0.25) is 0 Å². The molecule has 2 amide bonds. The summed E-state index contributed by atoms with van der Waals surface area (Å²) in [6, 6.07) is 7.63. The van der Waals surface area contributed by atoms with Crippen LogP contribution in [-0.4, -0.2) is 58.3 Å². The molecule has 7 nitrogen and oxygen atoms in total. The minimum atomic E-state index is -0.325. The number of nitrogens with one attached hydrogen (secondary N) is 1. The Morgan fingerprint density at radius 2 is 2.10 bits per heavy atom. The van der Waals surface area contributed by atoms with Crippen LogP contribution in [0.4, 0.5) is 0 Å². The molecule has 166 valence electrons. The highest BCUT2D eigenvalue weighted by atomic mass is 16.2. The Hall–Kier alpha value is -2.96. The zero-order chi connectivity index (χ0) is 22.4. The molecule has 0 saturated carbocycles. The van der Waals surface area contributed by atoms with Crippen LogP contribution in [0.25, 0.3) is 0 Å². The molecule has 31 heavy (non-hydrogen) atoms. The summed E-state index contributed by atoms with van der Waals surface area (Å²) in [5.74, 6) is 0.183. The van der Waals surface area contributed by atoms with E-state index in [2.05, 4.69) is 9.97 Å². The van der Waals surface area contributed by atoms with Crippen molar-refractivity contribution in [3.8, 4) is 0 Å². The zero-order valence-electron chi connectivity index (χ0n) is 18.7. The minimum Gasteiger partial charge on any atom is -0.345 e. The molecule has 0 radical (unpaired) electrons. The van der Waals surface area contributed by atoms with Gasteiger partial charge in [-0.3, -0.25) is 19.4 Å². The van der Waals surface area contributed by atoms with Crippen LogP contribution in [0.15, 0.2) is 35.3 Å². The van der Waals surface area contributed by atoms with Gasteiger partial charge < -0.3 is 14.8 Å². The van der Waals surface area contributed by atoms with Crippen molar-refractivity contribution in [2.24, 2.45) is 5.92 Å². The van der Waals surface area contributed by atoms with Gasteiger partial charge in [-0.2, -0.15) is 0 Å². The molecule has 0 spiro atoms. The molecule has 7 heteroatoms. The van der Waals surface area contributed by atoms with Gasteiger partial charge in [0.25, 0.3) is 11.5 Å². The van der Waals surface area contributed by atoms with Gasteiger partial charge in [0.05, 0.1) is 0 Å². The number of aromatic nitrogens is 2. The van der Waals surface area contributed by atoms with Gasteiger partial charge >= 0.3 is 0 Å². The largest absolute Gasteiger partial charge is 0.345 e. The van der Waals surface area contributed by atoms with E-state index in [9.17, 15) is 14.4 Å². The predicted molar refractivity (Wildman–Crippen MR) is 120 cm³/mol. The maximum atomic E-state index is 13.0. The average molecular weight is 425 g/mol. The summed E-state index contributed by atoms with van der Waals surface area (Å²) in [4.78, 5) is 48.4. The molecule has 0 unspecified atom stereocenters. The first-order valence-electron chi connectivity index (χ1n) is 11.0. The molecular formula is C24H32N4O3. The summed E-state index contributed by atoms with van der Waals surface area (Å²) in [5.41, 5.74) is 2.34. The van der Waals surface area contributed by atoms with Crippen LogP contribution in [-0.2, 0) is 11.2 Å². The smallest absolute Gasteiger partial charge is 0.261 e. The lowest BCUT2D eigenvalue weighted by atomic mass is 9.92. The third-order valence-electron chi connectivity index (χ3n) is 6.01. The molecule has 1 N–H and O–H groups in total. The van der Waals surface area contributed by atoms with Crippen LogP contribution in [0.1, 0.15) is 53.0 Å². The topological polar surface area (TPSA) is 86.4 Å². The maximum absolute atomic E-state index is 13.0. The van der Waals surface area contributed by atoms with Gasteiger partial charge in [-0.1, -0.05) is 6.07 Å². The van der Waals surface area contributed by atoms with Crippen molar-refractivity contribution in [3.63, 3.8) is 0 Å². The second kappa shape index (κ2) is 10.4. The van der Waals surface area contributed by atoms with Crippen LogP contribution in [0.5, 0.6) is 0 Å². The van der Waals surface area contributed by atoms with E-state index in [4.69, 9.17) is 0 Å². The Bertz CT molecular complexity index is 971. The predicted octanol–water partition coefficient (Wildman–Crippen LogP) is 2.72. The Morgan fingerprint density at radius 1 is 1.29 bits per heavy atom. The van der Waals surface area contributed by atoms with Gasteiger partial charge in [0, 0.05) is 57.1 Å². The fraction of sp³-hybridized carbons (Fsp3) is 0.500. The van der Waals surface area contributed by atoms with Gasteiger partial charge in [-0.25, -0.2) is 0 Å². The maximum Gasteiger partial charge on any atom is 0.261 e. The van der Waals surface area contributed by atoms with Crippen LogP contribution < -0.4 is 5.56 Å².